The van der Waals surface area contributed by atoms with Gasteiger partial charge in [-0.2, -0.15) is 0 Å². The minimum atomic E-state index is -0.351. The van der Waals surface area contributed by atoms with Crippen LogP contribution in [0, 0.1) is 13.8 Å². The molecule has 0 N–H and O–H groups in total. The molecule has 1 aromatic carbocycles. The molecule has 1 heterocycles. The average molecular weight is 297 g/mol. The molecule has 1 aliphatic heterocycles. The molecule has 0 saturated carbocycles. The normalized spacial score (nSPS) is 16.2. The number of carbonyl (C=O) groups is 1. The Bertz CT molecular complexity index is 471. The second-order valence-corrected chi connectivity index (χ2v) is 5.45. The quantitative estimate of drug-likeness (QED) is 0.632. The number of ether oxygens (including phenoxy) is 1. The van der Waals surface area contributed by atoms with Gasteiger partial charge in [-0.1, -0.05) is 12.1 Å². The van der Waals surface area contributed by atoms with Crippen LogP contribution in [0.3, 0.4) is 0 Å². The SMILES string of the molecule is Cc1cccc(OCCN2CCN(C(=O)Cl)CC2)c1C. The van der Waals surface area contributed by atoms with Gasteiger partial charge < -0.3 is 9.64 Å². The van der Waals surface area contributed by atoms with Gasteiger partial charge in [0.05, 0.1) is 0 Å². The molecule has 0 spiro atoms. The average Bonchev–Trinajstić information content (AvgIpc) is 2.44. The molecule has 1 aromatic rings. The topological polar surface area (TPSA) is 32.8 Å². The van der Waals surface area contributed by atoms with Gasteiger partial charge in [-0.3, -0.25) is 9.69 Å². The van der Waals surface area contributed by atoms with Crippen LogP contribution < -0.4 is 4.74 Å². The first kappa shape index (κ1) is 15.1. The molecular weight excluding hydrogens is 276 g/mol. The molecule has 1 fully saturated rings. The molecule has 2 rings (SSSR count). The van der Waals surface area contributed by atoms with Crippen molar-refractivity contribution in [2.45, 2.75) is 13.8 Å². The zero-order valence-electron chi connectivity index (χ0n) is 12.1. The van der Waals surface area contributed by atoms with E-state index in [1.54, 1.807) is 4.90 Å². The number of rotatable bonds is 4. The molecule has 0 atom stereocenters. The lowest BCUT2D eigenvalue weighted by Crippen LogP contribution is -2.48. The maximum Gasteiger partial charge on any atom is 0.316 e. The summed E-state index contributed by atoms with van der Waals surface area (Å²) in [7, 11) is 0. The van der Waals surface area contributed by atoms with E-state index in [2.05, 4.69) is 24.8 Å². The zero-order chi connectivity index (χ0) is 14.5. The van der Waals surface area contributed by atoms with Gasteiger partial charge in [0.2, 0.25) is 0 Å². The number of aryl methyl sites for hydroxylation is 1. The summed E-state index contributed by atoms with van der Waals surface area (Å²) in [6.07, 6.45) is 0. The van der Waals surface area contributed by atoms with Gasteiger partial charge in [0, 0.05) is 32.7 Å². The van der Waals surface area contributed by atoms with Gasteiger partial charge >= 0.3 is 5.37 Å². The van der Waals surface area contributed by atoms with E-state index < -0.39 is 0 Å². The van der Waals surface area contributed by atoms with E-state index in [1.165, 1.54) is 11.1 Å². The lowest BCUT2D eigenvalue weighted by Gasteiger charge is -2.33. The Morgan fingerprint density at radius 1 is 1.25 bits per heavy atom. The van der Waals surface area contributed by atoms with Gasteiger partial charge in [0.1, 0.15) is 12.4 Å². The smallest absolute Gasteiger partial charge is 0.316 e. The fraction of sp³-hybridized carbons (Fsp3) is 0.533. The third-order valence-corrected chi connectivity index (χ3v) is 4.08. The number of hydrogen-bond donors (Lipinski definition) is 0. The molecule has 0 bridgehead atoms. The number of piperazine rings is 1. The number of halogens is 1. The van der Waals surface area contributed by atoms with Crippen LogP contribution in [0.1, 0.15) is 11.1 Å². The summed E-state index contributed by atoms with van der Waals surface area (Å²) in [6, 6.07) is 6.11. The second-order valence-electron chi connectivity index (χ2n) is 5.13. The van der Waals surface area contributed by atoms with Crippen molar-refractivity contribution in [3.8, 4) is 5.75 Å². The van der Waals surface area contributed by atoms with Crippen molar-refractivity contribution < 1.29 is 9.53 Å². The zero-order valence-corrected chi connectivity index (χ0v) is 12.8. The van der Waals surface area contributed by atoms with Gasteiger partial charge in [0.15, 0.2) is 0 Å². The predicted molar refractivity (Wildman–Crippen MR) is 80.7 cm³/mol. The van der Waals surface area contributed by atoms with E-state index in [-0.39, 0.29) is 5.37 Å². The highest BCUT2D eigenvalue weighted by molar-refractivity contribution is 6.62. The molecule has 110 valence electrons. The maximum absolute atomic E-state index is 11.0. The Balaban J connectivity index is 1.74. The molecule has 20 heavy (non-hydrogen) atoms. The van der Waals surface area contributed by atoms with Crippen molar-refractivity contribution in [1.29, 1.82) is 0 Å². The Kier molecular flexibility index (Phi) is 5.26. The van der Waals surface area contributed by atoms with Crippen LogP contribution in [-0.2, 0) is 0 Å². The van der Waals surface area contributed by atoms with Gasteiger partial charge in [-0.15, -0.1) is 0 Å². The standard InChI is InChI=1S/C15H21ClN2O2/c1-12-4-3-5-14(13(12)2)20-11-10-17-6-8-18(9-7-17)15(16)19/h3-5H,6-11H2,1-2H3. The van der Waals surface area contributed by atoms with Crippen LogP contribution in [0.4, 0.5) is 4.79 Å². The third kappa shape index (κ3) is 3.87. The van der Waals surface area contributed by atoms with Crippen molar-refractivity contribution in [3.63, 3.8) is 0 Å². The molecular formula is C15H21ClN2O2. The molecule has 0 radical (unpaired) electrons. The largest absolute Gasteiger partial charge is 0.492 e. The lowest BCUT2D eigenvalue weighted by molar-refractivity contribution is 0.136. The van der Waals surface area contributed by atoms with Gasteiger partial charge in [0.25, 0.3) is 0 Å². The fourth-order valence-electron chi connectivity index (χ4n) is 2.31. The molecule has 0 aromatic heterocycles. The van der Waals surface area contributed by atoms with E-state index in [1.807, 2.05) is 12.1 Å². The van der Waals surface area contributed by atoms with Crippen molar-refractivity contribution in [2.24, 2.45) is 0 Å². The first-order chi connectivity index (χ1) is 9.58. The number of carbonyl (C=O) groups excluding carboxylic acids is 1. The molecule has 4 nitrogen and oxygen atoms in total. The fourth-order valence-corrected chi connectivity index (χ4v) is 2.48. The highest BCUT2D eigenvalue weighted by Gasteiger charge is 2.19. The van der Waals surface area contributed by atoms with E-state index in [0.717, 1.165) is 25.4 Å². The predicted octanol–water partition coefficient (Wildman–Crippen LogP) is 2.66. The summed E-state index contributed by atoms with van der Waals surface area (Å²) in [5, 5.41) is -0.351. The van der Waals surface area contributed by atoms with Gasteiger partial charge in [-0.25, -0.2) is 0 Å². The summed E-state index contributed by atoms with van der Waals surface area (Å²) in [5.41, 5.74) is 2.45. The summed E-state index contributed by atoms with van der Waals surface area (Å²) in [6.45, 7) is 8.82. The Hall–Kier alpha value is -1.26. The third-order valence-electron chi connectivity index (χ3n) is 3.84. The lowest BCUT2D eigenvalue weighted by atomic mass is 10.1. The highest BCUT2D eigenvalue weighted by Crippen LogP contribution is 2.20. The Morgan fingerprint density at radius 2 is 1.95 bits per heavy atom. The van der Waals surface area contributed by atoms with E-state index in [9.17, 15) is 4.79 Å². The monoisotopic (exact) mass is 296 g/mol. The number of nitrogens with zero attached hydrogens (tertiary/aromatic N) is 2. The molecule has 1 aliphatic rings. The maximum atomic E-state index is 11.0. The molecule has 0 aliphatic carbocycles. The Morgan fingerprint density at radius 3 is 2.60 bits per heavy atom. The molecule has 5 heteroatoms. The van der Waals surface area contributed by atoms with Crippen molar-refractivity contribution in [2.75, 3.05) is 39.3 Å². The molecule has 1 saturated heterocycles. The summed E-state index contributed by atoms with van der Waals surface area (Å²) in [5.74, 6) is 0.958. The van der Waals surface area contributed by atoms with Crippen LogP contribution in [0.25, 0.3) is 0 Å². The molecule has 1 amide bonds. The van der Waals surface area contributed by atoms with Crippen LogP contribution in [0.5, 0.6) is 5.75 Å². The Labute approximate surface area is 125 Å². The van der Waals surface area contributed by atoms with Crippen LogP contribution in [0.15, 0.2) is 18.2 Å². The van der Waals surface area contributed by atoms with E-state index in [4.69, 9.17) is 16.3 Å². The summed E-state index contributed by atoms with van der Waals surface area (Å²) >= 11 is 5.46. The van der Waals surface area contributed by atoms with E-state index >= 15 is 0 Å². The first-order valence-electron chi connectivity index (χ1n) is 6.93. The van der Waals surface area contributed by atoms with E-state index in [0.29, 0.717) is 19.7 Å². The minimum absolute atomic E-state index is 0.351. The number of benzene rings is 1. The number of amides is 1. The van der Waals surface area contributed by atoms with Crippen molar-refractivity contribution in [1.82, 2.24) is 9.80 Å². The first-order valence-corrected chi connectivity index (χ1v) is 7.31. The highest BCUT2D eigenvalue weighted by atomic mass is 35.5. The van der Waals surface area contributed by atoms with Crippen LogP contribution in [-0.4, -0.2) is 54.5 Å². The van der Waals surface area contributed by atoms with Crippen LogP contribution in [0.2, 0.25) is 0 Å². The van der Waals surface area contributed by atoms with Crippen molar-refractivity contribution >= 4 is 17.0 Å². The minimum Gasteiger partial charge on any atom is -0.492 e. The molecule has 0 unspecified atom stereocenters. The number of hydrogen-bond acceptors (Lipinski definition) is 3. The summed E-state index contributed by atoms with van der Waals surface area (Å²) in [4.78, 5) is 15.0. The van der Waals surface area contributed by atoms with Crippen LogP contribution >= 0.6 is 11.6 Å². The summed E-state index contributed by atoms with van der Waals surface area (Å²) < 4.78 is 5.85. The second kappa shape index (κ2) is 6.95. The van der Waals surface area contributed by atoms with Crippen molar-refractivity contribution in [3.05, 3.63) is 29.3 Å². The van der Waals surface area contributed by atoms with Gasteiger partial charge in [-0.05, 0) is 42.6 Å².